The fourth-order valence-corrected chi connectivity index (χ4v) is 8.38. The van der Waals surface area contributed by atoms with E-state index in [1.807, 2.05) is 6.92 Å². The average molecular weight is 484 g/mol. The fraction of sp³-hybridized carbons (Fsp3) is 0.783. The first-order valence-corrected chi connectivity index (χ1v) is 12.9. The van der Waals surface area contributed by atoms with Crippen molar-refractivity contribution in [2.45, 2.75) is 64.1 Å². The second-order valence-corrected chi connectivity index (χ2v) is 12.2. The van der Waals surface area contributed by atoms with Crippen LogP contribution in [-0.2, 0) is 32.5 Å². The lowest BCUT2D eigenvalue weighted by atomic mass is 9.45. The Hall–Kier alpha value is -1.22. The van der Waals surface area contributed by atoms with Gasteiger partial charge in [-0.1, -0.05) is 19.4 Å². The second-order valence-electron chi connectivity index (χ2n) is 10.4. The quantitative estimate of drug-likeness (QED) is 0.545. The summed E-state index contributed by atoms with van der Waals surface area (Å²) in [4.78, 5) is 38.8. The highest BCUT2D eigenvalue weighted by atomic mass is 31.2. The summed E-state index contributed by atoms with van der Waals surface area (Å²) in [5, 5.41) is 20.8. The lowest BCUT2D eigenvalue weighted by molar-refractivity contribution is -0.174. The number of rotatable bonds is 6. The van der Waals surface area contributed by atoms with Crippen molar-refractivity contribution in [1.82, 2.24) is 0 Å². The van der Waals surface area contributed by atoms with Gasteiger partial charge < -0.3 is 10.2 Å². The van der Waals surface area contributed by atoms with E-state index in [9.17, 15) is 29.2 Å². The number of aliphatic hydroxyl groups excluding tert-OH is 1. The molecule has 4 aliphatic carbocycles. The first-order chi connectivity index (χ1) is 15.4. The zero-order chi connectivity index (χ0) is 24.4. The molecule has 3 saturated carbocycles. The molecule has 9 nitrogen and oxygen atoms in total. The standard InChI is InChI=1S/C23H33O9P/c1-21-11-17(26)20-15(16(21)7-8-23(21,28)18(27)12-24)6-5-13-9-14(25)10-19(22(13,20)2)32-33(29,30-3)31-4/h9,15-16,19-20,24,28H,5-8,10-12H2,1-4H3/t15-,16-,19?,20+,21-,22+,23-/m0/s1. The van der Waals surface area contributed by atoms with Crippen molar-refractivity contribution >= 4 is 25.2 Å². The van der Waals surface area contributed by atoms with Crippen LogP contribution < -0.4 is 0 Å². The minimum atomic E-state index is -3.93. The highest BCUT2D eigenvalue weighted by molar-refractivity contribution is 7.48. The molecule has 4 aliphatic rings. The number of ketones is 3. The molecule has 0 amide bonds. The van der Waals surface area contributed by atoms with Gasteiger partial charge in [-0.25, -0.2) is 4.57 Å². The molecule has 0 aliphatic heterocycles. The Bertz CT molecular complexity index is 952. The number of hydrogen-bond donors (Lipinski definition) is 2. The van der Waals surface area contributed by atoms with Crippen LogP contribution in [0.15, 0.2) is 11.6 Å². The van der Waals surface area contributed by atoms with E-state index in [0.29, 0.717) is 19.3 Å². The number of aliphatic hydroxyl groups is 2. The molecule has 0 bridgehead atoms. The Kier molecular flexibility index (Phi) is 6.17. The molecular weight excluding hydrogens is 451 g/mol. The molecule has 0 heterocycles. The van der Waals surface area contributed by atoms with Gasteiger partial charge in [0.25, 0.3) is 0 Å². The van der Waals surface area contributed by atoms with Gasteiger partial charge in [-0.05, 0) is 43.6 Å². The summed E-state index contributed by atoms with van der Waals surface area (Å²) >= 11 is 0. The third-order valence-electron chi connectivity index (χ3n) is 9.20. The molecule has 0 spiro atoms. The van der Waals surface area contributed by atoms with E-state index in [0.717, 1.165) is 5.57 Å². The number of carbonyl (C=O) groups is 3. The van der Waals surface area contributed by atoms with Gasteiger partial charge in [0.15, 0.2) is 11.6 Å². The molecule has 33 heavy (non-hydrogen) atoms. The maximum Gasteiger partial charge on any atom is 0.474 e. The minimum Gasteiger partial charge on any atom is -0.388 e. The van der Waals surface area contributed by atoms with E-state index in [2.05, 4.69) is 0 Å². The lowest BCUT2D eigenvalue weighted by Gasteiger charge is -2.59. The minimum absolute atomic E-state index is 0.0170. The second kappa shape index (κ2) is 8.18. The maximum absolute atomic E-state index is 13.8. The van der Waals surface area contributed by atoms with Gasteiger partial charge in [0.1, 0.15) is 18.0 Å². The van der Waals surface area contributed by atoms with Crippen LogP contribution in [0.1, 0.15) is 52.4 Å². The topological polar surface area (TPSA) is 136 Å². The monoisotopic (exact) mass is 484 g/mol. The van der Waals surface area contributed by atoms with Gasteiger partial charge in [0.2, 0.25) is 0 Å². The molecular formula is C23H33O9P. The zero-order valence-corrected chi connectivity index (χ0v) is 20.4. The normalized spacial score (nSPS) is 42.9. The number of phosphoric ester groups is 1. The number of hydrogen-bond acceptors (Lipinski definition) is 9. The van der Waals surface area contributed by atoms with E-state index in [1.54, 1.807) is 13.0 Å². The fourth-order valence-electron chi connectivity index (χ4n) is 7.45. The molecule has 7 atom stereocenters. The summed E-state index contributed by atoms with van der Waals surface area (Å²) in [5.41, 5.74) is -2.83. The van der Waals surface area contributed by atoms with Gasteiger partial charge in [0.05, 0.1) is 6.10 Å². The van der Waals surface area contributed by atoms with Crippen LogP contribution in [0.5, 0.6) is 0 Å². The molecule has 0 aromatic rings. The number of phosphoric acid groups is 1. The van der Waals surface area contributed by atoms with Gasteiger partial charge in [0, 0.05) is 43.8 Å². The Balaban J connectivity index is 1.77. The predicted molar refractivity (Wildman–Crippen MR) is 116 cm³/mol. The van der Waals surface area contributed by atoms with Crippen LogP contribution in [0.2, 0.25) is 0 Å². The van der Waals surface area contributed by atoms with Crippen LogP contribution in [0.4, 0.5) is 0 Å². The Morgan fingerprint density at radius 2 is 1.88 bits per heavy atom. The molecule has 0 radical (unpaired) electrons. The van der Waals surface area contributed by atoms with E-state index in [4.69, 9.17) is 13.6 Å². The van der Waals surface area contributed by atoms with Crippen molar-refractivity contribution in [2.75, 3.05) is 20.8 Å². The molecule has 0 aromatic carbocycles. The SMILES string of the molecule is COP(=O)(OC)OC1CC(=O)C=C2CC[C@H]3[C@@H]4CC[C@](O)(C(=O)CO)[C@@]4(C)CC(=O)[C@@H]3[C@]21C. The average Bonchev–Trinajstić information content (AvgIpc) is 3.05. The molecule has 2 N–H and O–H groups in total. The van der Waals surface area contributed by atoms with Crippen molar-refractivity contribution in [3.8, 4) is 0 Å². The van der Waals surface area contributed by atoms with Crippen LogP contribution in [0, 0.1) is 28.6 Å². The Labute approximate surface area is 193 Å². The summed E-state index contributed by atoms with van der Waals surface area (Å²) in [7, 11) is -1.52. The van der Waals surface area contributed by atoms with Crippen molar-refractivity contribution in [3.05, 3.63) is 11.6 Å². The van der Waals surface area contributed by atoms with Crippen molar-refractivity contribution < 1.29 is 42.7 Å². The Morgan fingerprint density at radius 3 is 2.48 bits per heavy atom. The van der Waals surface area contributed by atoms with Crippen LogP contribution in [0.3, 0.4) is 0 Å². The maximum atomic E-state index is 13.8. The summed E-state index contributed by atoms with van der Waals surface area (Å²) < 4.78 is 28.6. The summed E-state index contributed by atoms with van der Waals surface area (Å²) in [6.07, 6.45) is 2.58. The number of carbonyl (C=O) groups excluding carboxylic acids is 3. The summed E-state index contributed by atoms with van der Waals surface area (Å²) in [6.45, 7) is 2.89. The van der Waals surface area contributed by atoms with Gasteiger partial charge >= 0.3 is 7.82 Å². The van der Waals surface area contributed by atoms with E-state index >= 15 is 0 Å². The molecule has 10 heteroatoms. The summed E-state index contributed by atoms with van der Waals surface area (Å²) in [5.74, 6) is -1.72. The molecule has 0 saturated heterocycles. The molecule has 1 unspecified atom stereocenters. The third kappa shape index (κ3) is 3.39. The largest absolute Gasteiger partial charge is 0.474 e. The molecule has 0 aromatic heterocycles. The third-order valence-corrected chi connectivity index (χ3v) is 10.6. The predicted octanol–water partition coefficient (Wildman–Crippen LogP) is 2.39. The highest BCUT2D eigenvalue weighted by Crippen LogP contribution is 2.68. The van der Waals surface area contributed by atoms with E-state index in [-0.39, 0.29) is 42.7 Å². The van der Waals surface area contributed by atoms with Gasteiger partial charge in [-0.2, -0.15) is 0 Å². The smallest absolute Gasteiger partial charge is 0.388 e. The number of Topliss-reactive ketones (excluding diaryl/α,β-unsaturated/α-hetero) is 2. The van der Waals surface area contributed by atoms with Gasteiger partial charge in [-0.15, -0.1) is 0 Å². The summed E-state index contributed by atoms with van der Waals surface area (Å²) in [6, 6.07) is 0. The molecule has 184 valence electrons. The first kappa shape index (κ1) is 24.9. The van der Waals surface area contributed by atoms with E-state index in [1.165, 1.54) is 14.2 Å². The number of fused-ring (bicyclic) bond motifs is 5. The zero-order valence-electron chi connectivity index (χ0n) is 19.5. The highest BCUT2D eigenvalue weighted by Gasteiger charge is 2.69. The van der Waals surface area contributed by atoms with Crippen molar-refractivity contribution in [3.63, 3.8) is 0 Å². The van der Waals surface area contributed by atoms with E-state index < -0.39 is 48.7 Å². The van der Waals surface area contributed by atoms with Crippen molar-refractivity contribution in [1.29, 1.82) is 0 Å². The van der Waals surface area contributed by atoms with Crippen LogP contribution >= 0.6 is 7.82 Å². The van der Waals surface area contributed by atoms with Crippen LogP contribution in [-0.4, -0.2) is 60.1 Å². The lowest BCUT2D eigenvalue weighted by Crippen LogP contribution is -2.63. The van der Waals surface area contributed by atoms with Gasteiger partial charge in [-0.3, -0.25) is 28.0 Å². The van der Waals surface area contributed by atoms with Crippen molar-refractivity contribution in [2.24, 2.45) is 28.6 Å². The molecule has 3 fully saturated rings. The Morgan fingerprint density at radius 1 is 1.21 bits per heavy atom. The molecule has 4 rings (SSSR count). The first-order valence-electron chi connectivity index (χ1n) is 11.4. The van der Waals surface area contributed by atoms with Crippen LogP contribution in [0.25, 0.3) is 0 Å².